The number of aryl methyl sites for hydroxylation is 1. The molecule has 0 saturated carbocycles. The lowest BCUT2D eigenvalue weighted by molar-refractivity contribution is -0.923. The number of anilines is 1. The summed E-state index contributed by atoms with van der Waals surface area (Å²) in [6, 6.07) is 4.84. The van der Waals surface area contributed by atoms with Gasteiger partial charge in [0.1, 0.15) is 17.1 Å². The molecule has 2 aromatic heterocycles. The summed E-state index contributed by atoms with van der Waals surface area (Å²) in [7, 11) is 0. The Balaban J connectivity index is 1.46. The topological polar surface area (TPSA) is 57.3 Å². The van der Waals surface area contributed by atoms with Gasteiger partial charge in [-0.15, -0.1) is 22.7 Å². The van der Waals surface area contributed by atoms with Crippen LogP contribution in [-0.2, 0) is 24.1 Å². The van der Waals surface area contributed by atoms with Gasteiger partial charge in [0.15, 0.2) is 6.54 Å². The maximum atomic E-state index is 12.5. The van der Waals surface area contributed by atoms with Gasteiger partial charge in [-0.1, -0.05) is 0 Å². The maximum Gasteiger partial charge on any atom is 0.280 e. The minimum atomic E-state index is 0.0203. The normalized spacial score (nSPS) is 21.8. The molecule has 0 spiro atoms. The van der Waals surface area contributed by atoms with E-state index in [0.29, 0.717) is 18.2 Å². The van der Waals surface area contributed by atoms with Gasteiger partial charge in [0.2, 0.25) is 0 Å². The van der Waals surface area contributed by atoms with Crippen LogP contribution in [0.4, 0.5) is 5.00 Å². The van der Waals surface area contributed by atoms with Gasteiger partial charge < -0.3 is 10.2 Å². The van der Waals surface area contributed by atoms with Crippen molar-refractivity contribution in [1.29, 1.82) is 5.26 Å². The third-order valence-electron chi connectivity index (χ3n) is 5.21. The van der Waals surface area contributed by atoms with E-state index in [4.69, 9.17) is 0 Å². The molecule has 2 aliphatic rings. The number of hydrogen-bond acceptors (Lipinski definition) is 4. The van der Waals surface area contributed by atoms with Crippen LogP contribution in [0.15, 0.2) is 11.4 Å². The summed E-state index contributed by atoms with van der Waals surface area (Å²) >= 11 is 3.41. The zero-order chi connectivity index (χ0) is 16.7. The molecule has 1 unspecified atom stereocenters. The van der Waals surface area contributed by atoms with Crippen molar-refractivity contribution >= 4 is 33.6 Å². The standard InChI is InChI=1S/C18H19N3OS2/c1-11-12-6-8-23-15(12)5-7-21(11)10-17(22)20-18-14(9-19)13-3-2-4-16(13)24-18/h6,8,11H,2-5,7,10H2,1H3,(H,20,22)/p+1/t11-/m0/s1. The Kier molecular flexibility index (Phi) is 4.17. The first-order valence-electron chi connectivity index (χ1n) is 8.42. The zero-order valence-corrected chi connectivity index (χ0v) is 15.3. The molecule has 3 heterocycles. The van der Waals surface area contributed by atoms with E-state index in [1.807, 2.05) is 11.3 Å². The second kappa shape index (κ2) is 6.32. The van der Waals surface area contributed by atoms with Crippen LogP contribution in [-0.4, -0.2) is 19.0 Å². The molecule has 0 bridgehead atoms. The number of thiophene rings is 2. The highest BCUT2D eigenvalue weighted by Crippen LogP contribution is 2.38. The van der Waals surface area contributed by atoms with Crippen LogP contribution in [0.1, 0.15) is 45.8 Å². The number of hydrogen-bond donors (Lipinski definition) is 2. The van der Waals surface area contributed by atoms with E-state index in [9.17, 15) is 10.1 Å². The highest BCUT2D eigenvalue weighted by atomic mass is 32.1. The van der Waals surface area contributed by atoms with Crippen molar-refractivity contribution in [2.75, 3.05) is 18.4 Å². The Bertz CT molecular complexity index is 830. The van der Waals surface area contributed by atoms with Gasteiger partial charge in [0.25, 0.3) is 5.91 Å². The van der Waals surface area contributed by atoms with Gasteiger partial charge in [-0.25, -0.2) is 0 Å². The van der Waals surface area contributed by atoms with E-state index in [2.05, 4.69) is 29.8 Å². The molecule has 0 aromatic carbocycles. The molecule has 6 heteroatoms. The molecular formula is C18H20N3OS2+. The molecule has 0 radical (unpaired) electrons. The average Bonchev–Trinajstić information content (AvgIpc) is 3.25. The second-order valence-corrected chi connectivity index (χ2v) is 8.68. The molecule has 24 heavy (non-hydrogen) atoms. The largest absolute Gasteiger partial charge is 0.321 e. The molecule has 0 saturated heterocycles. The van der Waals surface area contributed by atoms with E-state index in [1.54, 1.807) is 11.3 Å². The maximum absolute atomic E-state index is 12.5. The fraction of sp³-hybridized carbons (Fsp3) is 0.444. The molecular weight excluding hydrogens is 338 g/mol. The fourth-order valence-corrected chi connectivity index (χ4v) is 6.11. The summed E-state index contributed by atoms with van der Waals surface area (Å²) < 4.78 is 0. The summed E-state index contributed by atoms with van der Waals surface area (Å²) in [5.74, 6) is 0.0203. The Morgan fingerprint density at radius 2 is 2.29 bits per heavy atom. The molecule has 1 aliphatic heterocycles. The number of carbonyl (C=O) groups is 1. The third kappa shape index (κ3) is 2.67. The van der Waals surface area contributed by atoms with Gasteiger partial charge in [-0.05, 0) is 43.2 Å². The van der Waals surface area contributed by atoms with Gasteiger partial charge in [0, 0.05) is 21.7 Å². The van der Waals surface area contributed by atoms with Crippen LogP contribution in [0, 0.1) is 11.3 Å². The summed E-state index contributed by atoms with van der Waals surface area (Å²) in [5.41, 5.74) is 3.25. The highest BCUT2D eigenvalue weighted by molar-refractivity contribution is 7.16. The Labute approximate surface area is 149 Å². The average molecular weight is 359 g/mol. The number of fused-ring (bicyclic) bond motifs is 2. The lowest BCUT2D eigenvalue weighted by Crippen LogP contribution is -3.14. The predicted octanol–water partition coefficient (Wildman–Crippen LogP) is 2.31. The molecule has 2 atom stereocenters. The van der Waals surface area contributed by atoms with Crippen molar-refractivity contribution in [2.24, 2.45) is 0 Å². The molecule has 124 valence electrons. The van der Waals surface area contributed by atoms with E-state index in [1.165, 1.54) is 25.8 Å². The Morgan fingerprint density at radius 3 is 3.12 bits per heavy atom. The number of carbonyl (C=O) groups excluding carboxylic acids is 1. The van der Waals surface area contributed by atoms with Crippen molar-refractivity contribution in [1.82, 2.24) is 0 Å². The van der Waals surface area contributed by atoms with Crippen LogP contribution < -0.4 is 10.2 Å². The van der Waals surface area contributed by atoms with E-state index >= 15 is 0 Å². The summed E-state index contributed by atoms with van der Waals surface area (Å²) in [6.07, 6.45) is 4.19. The van der Waals surface area contributed by atoms with Crippen LogP contribution in [0.3, 0.4) is 0 Å². The van der Waals surface area contributed by atoms with Gasteiger partial charge in [-0.2, -0.15) is 5.26 Å². The first kappa shape index (κ1) is 15.8. The van der Waals surface area contributed by atoms with E-state index in [0.717, 1.165) is 37.2 Å². The first-order valence-corrected chi connectivity index (χ1v) is 10.1. The monoisotopic (exact) mass is 358 g/mol. The molecule has 4 nitrogen and oxygen atoms in total. The van der Waals surface area contributed by atoms with E-state index < -0.39 is 0 Å². The molecule has 2 aromatic rings. The van der Waals surface area contributed by atoms with Crippen molar-refractivity contribution in [3.63, 3.8) is 0 Å². The molecule has 1 aliphatic carbocycles. The summed E-state index contributed by atoms with van der Waals surface area (Å²) in [6.45, 7) is 3.66. The SMILES string of the molecule is C[C@H]1c2ccsc2CC[NH+]1CC(=O)Nc1sc2c(c1C#N)CCC2. The zero-order valence-electron chi connectivity index (χ0n) is 13.6. The van der Waals surface area contributed by atoms with Gasteiger partial charge in [0.05, 0.1) is 12.1 Å². The highest BCUT2D eigenvalue weighted by Gasteiger charge is 2.30. The van der Waals surface area contributed by atoms with Crippen molar-refractivity contribution in [3.8, 4) is 6.07 Å². The van der Waals surface area contributed by atoms with Crippen LogP contribution in [0.25, 0.3) is 0 Å². The molecule has 4 rings (SSSR count). The Morgan fingerprint density at radius 1 is 1.42 bits per heavy atom. The minimum Gasteiger partial charge on any atom is -0.321 e. The van der Waals surface area contributed by atoms with Crippen LogP contribution in [0.2, 0.25) is 0 Å². The summed E-state index contributed by atoms with van der Waals surface area (Å²) in [4.78, 5) is 16.6. The number of quaternary nitrogens is 1. The van der Waals surface area contributed by atoms with Crippen LogP contribution in [0.5, 0.6) is 0 Å². The van der Waals surface area contributed by atoms with Crippen molar-refractivity contribution < 1.29 is 9.69 Å². The van der Waals surface area contributed by atoms with Gasteiger partial charge in [-0.3, -0.25) is 4.79 Å². The van der Waals surface area contributed by atoms with Crippen LogP contribution >= 0.6 is 22.7 Å². The second-order valence-electron chi connectivity index (χ2n) is 6.58. The number of nitrogens with one attached hydrogen (secondary N) is 2. The molecule has 0 fully saturated rings. The quantitative estimate of drug-likeness (QED) is 0.885. The van der Waals surface area contributed by atoms with E-state index in [-0.39, 0.29) is 5.91 Å². The molecule has 2 N–H and O–H groups in total. The number of amides is 1. The molecule has 1 amide bonds. The number of nitriles is 1. The fourth-order valence-electron chi connectivity index (χ4n) is 3.88. The Hall–Kier alpha value is -1.68. The first-order chi connectivity index (χ1) is 11.7. The lowest BCUT2D eigenvalue weighted by Gasteiger charge is -2.29. The lowest BCUT2D eigenvalue weighted by atomic mass is 10.0. The van der Waals surface area contributed by atoms with Crippen molar-refractivity contribution in [2.45, 2.75) is 38.6 Å². The summed E-state index contributed by atoms with van der Waals surface area (Å²) in [5, 5.41) is 15.4. The number of nitrogens with zero attached hydrogens (tertiary/aromatic N) is 1. The van der Waals surface area contributed by atoms with Gasteiger partial charge >= 0.3 is 0 Å². The third-order valence-corrected chi connectivity index (χ3v) is 7.41. The smallest absolute Gasteiger partial charge is 0.280 e. The predicted molar refractivity (Wildman–Crippen MR) is 96.8 cm³/mol. The minimum absolute atomic E-state index is 0.0203. The van der Waals surface area contributed by atoms with Crippen molar-refractivity contribution in [3.05, 3.63) is 37.9 Å². The number of rotatable bonds is 3.